The van der Waals surface area contributed by atoms with Gasteiger partial charge in [-0.25, -0.2) is 9.78 Å². The third kappa shape index (κ3) is 4.96. The number of aromatic nitrogens is 3. The minimum atomic E-state index is -1.34. The minimum Gasteiger partial charge on any atom is -0.503 e. The van der Waals surface area contributed by atoms with Crippen molar-refractivity contribution >= 4 is 63.2 Å². The summed E-state index contributed by atoms with van der Waals surface area (Å²) in [7, 11) is 0. The average molecular weight is 609 g/mol. The zero-order valence-corrected chi connectivity index (χ0v) is 22.2. The van der Waals surface area contributed by atoms with Gasteiger partial charge in [0.15, 0.2) is 16.6 Å². The molecule has 0 spiro atoms. The van der Waals surface area contributed by atoms with Gasteiger partial charge in [-0.05, 0) is 0 Å². The van der Waals surface area contributed by atoms with Gasteiger partial charge < -0.3 is 35.7 Å². The van der Waals surface area contributed by atoms with E-state index in [0.29, 0.717) is 4.73 Å². The summed E-state index contributed by atoms with van der Waals surface area (Å²) in [6, 6.07) is 1.31. The Morgan fingerprint density at radius 1 is 1.35 bits per heavy atom. The van der Waals surface area contributed by atoms with Crippen LogP contribution in [0.2, 0.25) is 0 Å². The first kappa shape index (κ1) is 27.1. The highest BCUT2D eigenvalue weighted by molar-refractivity contribution is 8.00. The van der Waals surface area contributed by atoms with Gasteiger partial charge >= 0.3 is 5.97 Å². The minimum absolute atomic E-state index is 0.0297. The van der Waals surface area contributed by atoms with Crippen molar-refractivity contribution in [3.63, 3.8) is 0 Å². The molecule has 2 atom stereocenters. The van der Waals surface area contributed by atoms with Crippen molar-refractivity contribution in [3.05, 3.63) is 62.4 Å². The maximum Gasteiger partial charge on any atom is 0.353 e. The van der Waals surface area contributed by atoms with Gasteiger partial charge in [0.2, 0.25) is 5.43 Å². The molecule has 40 heavy (non-hydrogen) atoms. The lowest BCUT2D eigenvalue weighted by Crippen LogP contribution is -2.70. The topological polar surface area (TPSA) is 223 Å². The van der Waals surface area contributed by atoms with Crippen LogP contribution in [0.3, 0.4) is 0 Å². The van der Waals surface area contributed by atoms with Crippen molar-refractivity contribution < 1.29 is 39.1 Å². The number of pyridine rings is 1. The first-order valence-corrected chi connectivity index (χ1v) is 13.4. The Hall–Kier alpha value is -4.48. The zero-order valence-electron chi connectivity index (χ0n) is 19.8. The molecule has 0 radical (unpaired) electrons. The standard InChI is InChI=1S/C22H17ClN6O9S2/c23-10-6-39-20-16(19(33)29(20)17(10)21(34)35)26-18(32)9(12-7-40-22(24)25-12)5-37-4-8-1-11(27-38-8)13-2-14(30)15(31)3-28(13)36/h1-3,5,7,16,20,31,36H,4,6H2,(H2,24,25)(H,26,32)(H,34,35)/b9-5-/t16-,20-/m1/s1. The fraction of sp³-hybridized carbons (Fsp3) is 0.182. The Bertz CT molecular complexity index is 1660. The number of nitrogens with zero attached hydrogens (tertiary/aromatic N) is 4. The third-order valence-corrected chi connectivity index (χ3v) is 8.14. The maximum absolute atomic E-state index is 13.2. The summed E-state index contributed by atoms with van der Waals surface area (Å²) in [4.78, 5) is 54.3. The summed E-state index contributed by atoms with van der Waals surface area (Å²) in [5, 5.41) is 36.2. The molecule has 5 heterocycles. The van der Waals surface area contributed by atoms with Crippen molar-refractivity contribution in [1.29, 1.82) is 0 Å². The van der Waals surface area contributed by atoms with Crippen molar-refractivity contribution in [2.24, 2.45) is 0 Å². The largest absolute Gasteiger partial charge is 0.503 e. The first-order chi connectivity index (χ1) is 19.0. The van der Waals surface area contributed by atoms with Crippen LogP contribution < -0.4 is 16.5 Å². The number of carbonyl (C=O) groups excluding carboxylic acids is 2. The number of halogens is 1. The molecule has 1 saturated heterocycles. The van der Waals surface area contributed by atoms with Crippen LogP contribution in [0.25, 0.3) is 17.0 Å². The number of thioether (sulfide) groups is 1. The number of hydrogen-bond acceptors (Lipinski definition) is 13. The number of ether oxygens (including phenoxy) is 1. The number of aliphatic carboxylic acids is 1. The van der Waals surface area contributed by atoms with E-state index in [2.05, 4.69) is 15.5 Å². The lowest BCUT2D eigenvalue weighted by Gasteiger charge is -2.48. The van der Waals surface area contributed by atoms with E-state index >= 15 is 0 Å². The monoisotopic (exact) mass is 608 g/mol. The maximum atomic E-state index is 13.2. The predicted molar refractivity (Wildman–Crippen MR) is 140 cm³/mol. The number of β-lactam (4-membered cyclic amide) rings is 1. The van der Waals surface area contributed by atoms with Crippen LogP contribution >= 0.6 is 34.7 Å². The highest BCUT2D eigenvalue weighted by Crippen LogP contribution is 2.41. The first-order valence-electron chi connectivity index (χ1n) is 11.1. The number of thiazole rings is 1. The number of nitrogens with two attached hydrogens (primary N) is 1. The van der Waals surface area contributed by atoms with Crippen molar-refractivity contribution in [1.82, 2.24) is 25.1 Å². The molecule has 6 N–H and O–H groups in total. The number of amides is 2. The lowest BCUT2D eigenvalue weighted by molar-refractivity contribution is -0.150. The molecular weight excluding hydrogens is 592 g/mol. The molecule has 0 saturated carbocycles. The van der Waals surface area contributed by atoms with Crippen LogP contribution in [0, 0.1) is 0 Å². The van der Waals surface area contributed by atoms with E-state index in [4.69, 9.17) is 26.6 Å². The van der Waals surface area contributed by atoms with Gasteiger partial charge in [-0.2, -0.15) is 4.73 Å². The molecule has 208 valence electrons. The number of hydrogen-bond donors (Lipinski definition) is 5. The molecule has 0 bridgehead atoms. The Balaban J connectivity index is 1.31. The highest BCUT2D eigenvalue weighted by atomic mass is 35.5. The fourth-order valence-corrected chi connectivity index (χ4v) is 5.97. The molecule has 1 fully saturated rings. The smallest absolute Gasteiger partial charge is 0.353 e. The van der Waals surface area contributed by atoms with Crippen LogP contribution in [0.5, 0.6) is 5.75 Å². The van der Waals surface area contributed by atoms with E-state index in [-0.39, 0.29) is 56.6 Å². The second-order valence-electron chi connectivity index (χ2n) is 8.26. The summed E-state index contributed by atoms with van der Waals surface area (Å²) in [5.74, 6) is -3.05. The van der Waals surface area contributed by atoms with Gasteiger partial charge in [0.1, 0.15) is 40.7 Å². The third-order valence-electron chi connectivity index (χ3n) is 5.71. The highest BCUT2D eigenvalue weighted by Gasteiger charge is 2.54. The molecular formula is C22H17ClN6O9S2. The number of aromatic hydroxyl groups is 1. The van der Waals surface area contributed by atoms with E-state index in [1.807, 2.05) is 0 Å². The molecule has 18 heteroatoms. The number of carboxylic acids is 1. The summed E-state index contributed by atoms with van der Waals surface area (Å²) in [5.41, 5.74) is 4.78. The van der Waals surface area contributed by atoms with E-state index in [9.17, 15) is 34.6 Å². The van der Waals surface area contributed by atoms with Gasteiger partial charge in [0, 0.05) is 23.3 Å². The van der Waals surface area contributed by atoms with Gasteiger partial charge in [0.25, 0.3) is 11.8 Å². The van der Waals surface area contributed by atoms with E-state index in [1.165, 1.54) is 23.2 Å². The van der Waals surface area contributed by atoms with Crippen LogP contribution in [-0.2, 0) is 25.7 Å². The summed E-state index contributed by atoms with van der Waals surface area (Å²) in [6.07, 6.45) is 1.89. The predicted octanol–water partition coefficient (Wildman–Crippen LogP) is 0.978. The fourth-order valence-electron chi connectivity index (χ4n) is 3.86. The van der Waals surface area contributed by atoms with Gasteiger partial charge in [-0.15, -0.1) is 23.1 Å². The van der Waals surface area contributed by atoms with Crippen molar-refractivity contribution in [2.75, 3.05) is 11.5 Å². The van der Waals surface area contributed by atoms with E-state index < -0.39 is 40.4 Å². The van der Waals surface area contributed by atoms with Crippen molar-refractivity contribution in [3.8, 4) is 17.1 Å². The Morgan fingerprint density at radius 2 is 2.12 bits per heavy atom. The second-order valence-corrected chi connectivity index (χ2v) is 10.7. The van der Waals surface area contributed by atoms with Crippen LogP contribution in [-0.4, -0.2) is 70.1 Å². The van der Waals surface area contributed by atoms with Crippen LogP contribution in [0.1, 0.15) is 11.5 Å². The Morgan fingerprint density at radius 3 is 2.83 bits per heavy atom. The van der Waals surface area contributed by atoms with E-state index in [1.54, 1.807) is 0 Å². The summed E-state index contributed by atoms with van der Waals surface area (Å²) < 4.78 is 11.2. The number of nitrogens with one attached hydrogen (secondary N) is 1. The van der Waals surface area contributed by atoms with Crippen LogP contribution in [0.4, 0.5) is 5.13 Å². The molecule has 3 aromatic rings. The SMILES string of the molecule is Nc1nc(/C(=C/OCc2cc(-c3cc(=O)c(O)cn3O)no2)C(=O)N[C@@H]2C(=O)N3C(C(=O)O)=C(Cl)CS[C@H]23)cs1. The number of nitrogen functional groups attached to an aromatic ring is 1. The number of anilines is 1. The normalized spacial score (nSPS) is 18.8. The number of rotatable bonds is 8. The average Bonchev–Trinajstić information content (AvgIpc) is 3.55. The van der Waals surface area contributed by atoms with Crippen LogP contribution in [0.15, 0.2) is 50.0 Å². The Kier molecular flexibility index (Phi) is 7.17. The summed E-state index contributed by atoms with van der Waals surface area (Å²) in [6.45, 7) is -0.239. The quantitative estimate of drug-likeness (QED) is 0.104. The Labute approximate surface area is 236 Å². The molecule has 2 aliphatic rings. The van der Waals surface area contributed by atoms with E-state index in [0.717, 1.165) is 34.8 Å². The number of fused-ring (bicyclic) bond motifs is 1. The molecule has 2 aliphatic heterocycles. The molecule has 3 aromatic heterocycles. The molecule has 0 aliphatic carbocycles. The molecule has 15 nitrogen and oxygen atoms in total. The van der Waals surface area contributed by atoms with Gasteiger partial charge in [-0.3, -0.25) is 19.3 Å². The molecule has 0 unspecified atom stereocenters. The van der Waals surface area contributed by atoms with Gasteiger partial charge in [-0.1, -0.05) is 16.8 Å². The number of carbonyl (C=O) groups is 3. The van der Waals surface area contributed by atoms with Crippen molar-refractivity contribution in [2.45, 2.75) is 18.0 Å². The molecule has 5 rings (SSSR count). The number of carboxylic acid groups (broad SMARTS) is 1. The molecule has 0 aromatic carbocycles. The zero-order chi connectivity index (χ0) is 28.7. The lowest BCUT2D eigenvalue weighted by atomic mass is 10.0. The molecule has 2 amide bonds. The second kappa shape index (κ2) is 10.6. The summed E-state index contributed by atoms with van der Waals surface area (Å²) >= 11 is 8.27. The van der Waals surface area contributed by atoms with Gasteiger partial charge in [0.05, 0.1) is 23.2 Å².